The molecule has 2 aromatic rings. The molecule has 0 saturated heterocycles. The number of carbonyl (C=O) groups excluding carboxylic acids is 3. The van der Waals surface area contributed by atoms with Crippen LogP contribution in [0.4, 0.5) is 5.69 Å². The number of hydrogen-bond acceptors (Lipinski definition) is 6. The molecule has 1 aliphatic heterocycles. The molecule has 140 valence electrons. The molecule has 0 N–H and O–H groups in total. The van der Waals surface area contributed by atoms with Gasteiger partial charge in [0.05, 0.1) is 21.4 Å². The van der Waals surface area contributed by atoms with E-state index in [1.807, 2.05) is 0 Å². The SMILES string of the molecule is CCN(Cc1ccc(Cl)s1)C(=O)CN1C(=O)c2cccc([N+](=O)[O-])c2C1=O. The summed E-state index contributed by atoms with van der Waals surface area (Å²) in [7, 11) is 0. The Morgan fingerprint density at radius 1 is 1.26 bits per heavy atom. The van der Waals surface area contributed by atoms with Crippen LogP contribution < -0.4 is 0 Å². The maximum atomic E-state index is 12.6. The number of fused-ring (bicyclic) bond motifs is 1. The Balaban J connectivity index is 1.80. The molecule has 0 radical (unpaired) electrons. The Hall–Kier alpha value is -2.78. The molecule has 0 atom stereocenters. The van der Waals surface area contributed by atoms with Gasteiger partial charge in [-0.15, -0.1) is 11.3 Å². The molecule has 3 amide bonds. The second-order valence-electron chi connectivity index (χ2n) is 5.77. The minimum atomic E-state index is -0.828. The highest BCUT2D eigenvalue weighted by atomic mass is 35.5. The quantitative estimate of drug-likeness (QED) is 0.416. The fourth-order valence-corrected chi connectivity index (χ4v) is 3.95. The van der Waals surface area contributed by atoms with E-state index in [1.54, 1.807) is 19.1 Å². The van der Waals surface area contributed by atoms with Crippen molar-refractivity contribution in [1.82, 2.24) is 9.80 Å². The molecule has 0 aliphatic carbocycles. The first-order chi connectivity index (χ1) is 12.8. The third-order valence-electron chi connectivity index (χ3n) is 4.18. The highest BCUT2D eigenvalue weighted by molar-refractivity contribution is 7.16. The van der Waals surface area contributed by atoms with Crippen molar-refractivity contribution in [3.63, 3.8) is 0 Å². The molecule has 0 spiro atoms. The first-order valence-electron chi connectivity index (χ1n) is 7.99. The van der Waals surface area contributed by atoms with Crippen molar-refractivity contribution in [2.75, 3.05) is 13.1 Å². The van der Waals surface area contributed by atoms with Crippen LogP contribution in [0.15, 0.2) is 30.3 Å². The standard InChI is InChI=1S/C17H14ClN3O5S/c1-2-19(8-10-6-7-13(18)27-10)14(22)9-20-16(23)11-4-3-5-12(21(25)26)15(11)17(20)24/h3-7H,2,8-9H2,1H3. The van der Waals surface area contributed by atoms with E-state index in [4.69, 9.17) is 11.6 Å². The summed E-state index contributed by atoms with van der Waals surface area (Å²) in [6.07, 6.45) is 0. The van der Waals surface area contributed by atoms with Gasteiger partial charge in [0.2, 0.25) is 5.91 Å². The molecule has 3 rings (SSSR count). The third kappa shape index (κ3) is 3.56. The minimum Gasteiger partial charge on any atom is -0.336 e. The summed E-state index contributed by atoms with van der Waals surface area (Å²) >= 11 is 7.23. The van der Waals surface area contributed by atoms with Gasteiger partial charge in [-0.05, 0) is 25.1 Å². The van der Waals surface area contributed by atoms with Crippen LogP contribution >= 0.6 is 22.9 Å². The van der Waals surface area contributed by atoms with Gasteiger partial charge in [0.15, 0.2) is 0 Å². The summed E-state index contributed by atoms with van der Waals surface area (Å²) in [5, 5.41) is 11.1. The molecular weight excluding hydrogens is 394 g/mol. The lowest BCUT2D eigenvalue weighted by molar-refractivity contribution is -0.385. The van der Waals surface area contributed by atoms with E-state index in [0.717, 1.165) is 15.8 Å². The van der Waals surface area contributed by atoms with E-state index in [0.29, 0.717) is 17.4 Å². The molecule has 1 aromatic carbocycles. The summed E-state index contributed by atoms with van der Waals surface area (Å²) in [5.74, 6) is -1.97. The van der Waals surface area contributed by atoms with E-state index in [9.17, 15) is 24.5 Å². The second kappa shape index (κ2) is 7.45. The van der Waals surface area contributed by atoms with E-state index in [2.05, 4.69) is 0 Å². The van der Waals surface area contributed by atoms with Gasteiger partial charge in [-0.3, -0.25) is 29.4 Å². The van der Waals surface area contributed by atoms with Crippen molar-refractivity contribution >= 4 is 46.3 Å². The maximum Gasteiger partial charge on any atom is 0.282 e. The largest absolute Gasteiger partial charge is 0.336 e. The molecular formula is C17H14ClN3O5S. The van der Waals surface area contributed by atoms with Crippen molar-refractivity contribution in [3.05, 3.63) is 60.8 Å². The minimum absolute atomic E-state index is 0.0601. The van der Waals surface area contributed by atoms with E-state index in [1.165, 1.54) is 28.4 Å². The Labute approximate surface area is 163 Å². The van der Waals surface area contributed by atoms with Crippen molar-refractivity contribution in [2.45, 2.75) is 13.5 Å². The zero-order valence-electron chi connectivity index (χ0n) is 14.2. The average Bonchev–Trinajstić information content (AvgIpc) is 3.16. The van der Waals surface area contributed by atoms with Gasteiger partial charge in [0, 0.05) is 17.5 Å². The van der Waals surface area contributed by atoms with Crippen LogP contribution in [0, 0.1) is 10.1 Å². The summed E-state index contributed by atoms with van der Waals surface area (Å²) in [6.45, 7) is 1.98. The van der Waals surface area contributed by atoms with Crippen LogP contribution in [0.1, 0.15) is 32.5 Å². The van der Waals surface area contributed by atoms with Crippen LogP contribution in [0.5, 0.6) is 0 Å². The monoisotopic (exact) mass is 407 g/mol. The van der Waals surface area contributed by atoms with Gasteiger partial charge < -0.3 is 4.90 Å². The molecule has 2 heterocycles. The molecule has 27 heavy (non-hydrogen) atoms. The topological polar surface area (TPSA) is 101 Å². The molecule has 0 bridgehead atoms. The number of nitrogens with zero attached hydrogens (tertiary/aromatic N) is 3. The second-order valence-corrected chi connectivity index (χ2v) is 7.57. The third-order valence-corrected chi connectivity index (χ3v) is 5.39. The Kier molecular flexibility index (Phi) is 5.24. The van der Waals surface area contributed by atoms with E-state index in [-0.39, 0.29) is 11.1 Å². The van der Waals surface area contributed by atoms with Crippen LogP contribution in [-0.4, -0.2) is 45.5 Å². The lowest BCUT2D eigenvalue weighted by Crippen LogP contribution is -2.42. The predicted octanol–water partition coefficient (Wildman–Crippen LogP) is 2.95. The summed E-state index contributed by atoms with van der Waals surface area (Å²) in [5.41, 5.74) is -0.773. The number of imide groups is 1. The number of amides is 3. The number of likely N-dealkylation sites (N-methyl/N-ethyl adjacent to an activating group) is 1. The Morgan fingerprint density at radius 3 is 2.59 bits per heavy atom. The van der Waals surface area contributed by atoms with Crippen LogP contribution in [0.3, 0.4) is 0 Å². The van der Waals surface area contributed by atoms with Gasteiger partial charge in [0.25, 0.3) is 17.5 Å². The number of benzene rings is 1. The number of nitro benzene ring substituents is 1. The Morgan fingerprint density at radius 2 is 2.00 bits per heavy atom. The van der Waals surface area contributed by atoms with Gasteiger partial charge >= 0.3 is 0 Å². The first kappa shape index (κ1) is 19.0. The molecule has 8 nitrogen and oxygen atoms in total. The average molecular weight is 408 g/mol. The zero-order valence-corrected chi connectivity index (χ0v) is 15.7. The lowest BCUT2D eigenvalue weighted by atomic mass is 10.1. The molecule has 0 saturated carbocycles. The maximum absolute atomic E-state index is 12.6. The summed E-state index contributed by atoms with van der Waals surface area (Å²) < 4.78 is 0.598. The van der Waals surface area contributed by atoms with Crippen molar-refractivity contribution in [1.29, 1.82) is 0 Å². The van der Waals surface area contributed by atoms with Crippen LogP contribution in [0.25, 0.3) is 0 Å². The normalized spacial score (nSPS) is 13.0. The molecule has 0 fully saturated rings. The van der Waals surface area contributed by atoms with E-state index < -0.39 is 34.9 Å². The predicted molar refractivity (Wildman–Crippen MR) is 98.9 cm³/mol. The van der Waals surface area contributed by atoms with Gasteiger partial charge in [-0.25, -0.2) is 0 Å². The number of nitro groups is 1. The van der Waals surface area contributed by atoms with Gasteiger partial charge in [0.1, 0.15) is 12.1 Å². The van der Waals surface area contributed by atoms with Gasteiger partial charge in [-0.1, -0.05) is 17.7 Å². The number of hydrogen-bond donors (Lipinski definition) is 0. The van der Waals surface area contributed by atoms with Gasteiger partial charge in [-0.2, -0.15) is 0 Å². The molecule has 1 aromatic heterocycles. The lowest BCUT2D eigenvalue weighted by Gasteiger charge is -2.23. The summed E-state index contributed by atoms with van der Waals surface area (Å²) in [4.78, 5) is 51.2. The fourth-order valence-electron chi connectivity index (χ4n) is 2.85. The van der Waals surface area contributed by atoms with Crippen molar-refractivity contribution in [2.24, 2.45) is 0 Å². The van der Waals surface area contributed by atoms with E-state index >= 15 is 0 Å². The molecule has 1 aliphatic rings. The van der Waals surface area contributed by atoms with Crippen LogP contribution in [0.2, 0.25) is 4.34 Å². The van der Waals surface area contributed by atoms with Crippen LogP contribution in [-0.2, 0) is 11.3 Å². The number of rotatable bonds is 6. The van der Waals surface area contributed by atoms with Crippen molar-refractivity contribution in [3.8, 4) is 0 Å². The number of thiophene rings is 1. The smallest absolute Gasteiger partial charge is 0.282 e. The number of carbonyl (C=O) groups is 3. The highest BCUT2D eigenvalue weighted by Gasteiger charge is 2.42. The molecule has 0 unspecified atom stereocenters. The number of halogens is 1. The zero-order chi connectivity index (χ0) is 19.7. The van der Waals surface area contributed by atoms with Crippen molar-refractivity contribution < 1.29 is 19.3 Å². The molecule has 10 heteroatoms. The Bertz CT molecular complexity index is 958. The highest BCUT2D eigenvalue weighted by Crippen LogP contribution is 2.30. The fraction of sp³-hybridized carbons (Fsp3) is 0.235. The first-order valence-corrected chi connectivity index (χ1v) is 9.18. The summed E-state index contributed by atoms with van der Waals surface area (Å²) in [6, 6.07) is 7.37.